The molecule has 65 heavy (non-hydrogen) atoms. The maximum Gasteiger partial charge on any atom is 0.314 e. The highest BCUT2D eigenvalue weighted by Crippen LogP contribution is 2.61. The number of carbonyl (C=O) groups is 3. The summed E-state index contributed by atoms with van der Waals surface area (Å²) in [5.74, 6) is -3.72. The molecule has 6 aromatic rings. The highest BCUT2D eigenvalue weighted by atomic mass is 16.5. The smallest absolute Gasteiger partial charge is 0.314 e. The first kappa shape index (κ1) is 43.2. The quantitative estimate of drug-likeness (QED) is 0.0782. The van der Waals surface area contributed by atoms with Crippen molar-refractivity contribution in [2.45, 2.75) is 63.3 Å². The second-order valence-corrected chi connectivity index (χ2v) is 17.6. The molecule has 0 amide bonds. The summed E-state index contributed by atoms with van der Waals surface area (Å²) in [5.41, 5.74) is -6.21. The van der Waals surface area contributed by atoms with Crippen molar-refractivity contribution in [2.75, 3.05) is 35.5 Å². The largest absolute Gasteiger partial charge is 0.507 e. The maximum atomic E-state index is 14.8. The van der Waals surface area contributed by atoms with E-state index in [9.17, 15) is 45.0 Å². The van der Waals surface area contributed by atoms with Crippen molar-refractivity contribution in [3.05, 3.63) is 98.6 Å². The van der Waals surface area contributed by atoms with Crippen LogP contribution in [-0.2, 0) is 23.2 Å². The number of aliphatic hydroxyl groups is 3. The van der Waals surface area contributed by atoms with Crippen LogP contribution in [0.4, 0.5) is 0 Å². The summed E-state index contributed by atoms with van der Waals surface area (Å²) in [4.78, 5) is 42.6. The summed E-state index contributed by atoms with van der Waals surface area (Å²) < 4.78 is 35.4. The second-order valence-electron chi connectivity index (χ2n) is 17.6. The van der Waals surface area contributed by atoms with Crippen LogP contribution in [0.5, 0.6) is 51.7 Å². The highest BCUT2D eigenvalue weighted by molar-refractivity contribution is 6.18. The number of phenols is 3. The van der Waals surface area contributed by atoms with Crippen LogP contribution in [0.15, 0.2) is 48.5 Å². The number of methoxy groups -OCH3 is 5. The van der Waals surface area contributed by atoms with Crippen molar-refractivity contribution in [2.24, 2.45) is 0 Å². The molecule has 2 aliphatic carbocycles. The van der Waals surface area contributed by atoms with Gasteiger partial charge in [-0.15, -0.1) is 0 Å². The molecule has 0 aromatic heterocycles. The lowest BCUT2D eigenvalue weighted by atomic mass is 9.66. The van der Waals surface area contributed by atoms with Gasteiger partial charge in [0.25, 0.3) is 0 Å². The minimum atomic E-state index is -2.54. The fourth-order valence-corrected chi connectivity index (χ4v) is 10.3. The number of fused-ring (bicyclic) bond motifs is 9. The average Bonchev–Trinajstić information content (AvgIpc) is 3.27. The number of Topliss-reactive ketones (excluding diaryl/α,β-unsaturated/α-hetero) is 1. The molecular weight excluding hydrogens is 841 g/mol. The molecule has 1 aliphatic heterocycles. The minimum Gasteiger partial charge on any atom is -0.507 e. The molecule has 0 saturated heterocycles. The number of ketones is 2. The van der Waals surface area contributed by atoms with Crippen LogP contribution in [0.25, 0.3) is 32.7 Å². The molecule has 336 valence electrons. The van der Waals surface area contributed by atoms with Gasteiger partial charge in [0, 0.05) is 53.6 Å². The lowest BCUT2D eigenvalue weighted by molar-refractivity contribution is -0.139. The lowest BCUT2D eigenvalue weighted by Gasteiger charge is -2.40. The van der Waals surface area contributed by atoms with Gasteiger partial charge in [-0.05, 0) is 78.6 Å². The van der Waals surface area contributed by atoms with E-state index in [4.69, 9.17) is 28.4 Å². The second kappa shape index (κ2) is 14.7. The van der Waals surface area contributed by atoms with Gasteiger partial charge in [0.1, 0.15) is 51.6 Å². The lowest BCUT2D eigenvalue weighted by Crippen LogP contribution is -2.40. The van der Waals surface area contributed by atoms with E-state index in [-0.39, 0.29) is 119 Å². The third-order valence-electron chi connectivity index (χ3n) is 12.8. The highest BCUT2D eigenvalue weighted by Gasteiger charge is 2.51. The first-order valence-electron chi connectivity index (χ1n) is 20.6. The molecule has 1 heterocycles. The molecule has 0 spiro atoms. The summed E-state index contributed by atoms with van der Waals surface area (Å²) >= 11 is 0. The zero-order valence-corrected chi connectivity index (χ0v) is 36.8. The van der Waals surface area contributed by atoms with Gasteiger partial charge in [-0.2, -0.15) is 0 Å². The van der Waals surface area contributed by atoms with E-state index in [1.54, 1.807) is 19.1 Å². The summed E-state index contributed by atoms with van der Waals surface area (Å²) in [6.07, 6.45) is -1.48. The number of hydrogen-bond acceptors (Lipinski definition) is 15. The number of aryl methyl sites for hydroxylation is 1. The molecule has 0 unspecified atom stereocenters. The molecule has 3 atom stereocenters. The summed E-state index contributed by atoms with van der Waals surface area (Å²) in [6.45, 7) is 4.55. The molecule has 15 nitrogen and oxygen atoms in total. The molecule has 0 radical (unpaired) electrons. The van der Waals surface area contributed by atoms with E-state index < -0.39 is 64.4 Å². The third kappa shape index (κ3) is 6.31. The van der Waals surface area contributed by atoms with Gasteiger partial charge in [-0.1, -0.05) is 6.07 Å². The fourth-order valence-electron chi connectivity index (χ4n) is 10.3. The maximum absolute atomic E-state index is 14.8. The molecular formula is C50H46O15. The molecule has 0 saturated carbocycles. The Balaban J connectivity index is 1.58. The number of hydrogen-bond donors (Lipinski definition) is 6. The summed E-state index contributed by atoms with van der Waals surface area (Å²) in [7, 11) is 6.82. The monoisotopic (exact) mass is 886 g/mol. The van der Waals surface area contributed by atoms with Crippen LogP contribution in [0.1, 0.15) is 86.3 Å². The van der Waals surface area contributed by atoms with E-state index >= 15 is 0 Å². The van der Waals surface area contributed by atoms with Gasteiger partial charge in [0.15, 0.2) is 11.5 Å². The number of ether oxygens (including phenoxy) is 6. The first-order chi connectivity index (χ1) is 30.7. The van der Waals surface area contributed by atoms with Crippen molar-refractivity contribution >= 4 is 39.1 Å². The number of esters is 1. The van der Waals surface area contributed by atoms with Gasteiger partial charge in [-0.3, -0.25) is 14.4 Å². The predicted molar refractivity (Wildman–Crippen MR) is 236 cm³/mol. The molecule has 3 aliphatic rings. The summed E-state index contributed by atoms with van der Waals surface area (Å²) in [6, 6.07) is 12.0. The third-order valence-corrected chi connectivity index (χ3v) is 12.8. The van der Waals surface area contributed by atoms with Gasteiger partial charge >= 0.3 is 5.97 Å². The Bertz CT molecular complexity index is 3130. The van der Waals surface area contributed by atoms with E-state index in [0.717, 1.165) is 0 Å². The number of aromatic hydroxyl groups is 3. The summed E-state index contributed by atoms with van der Waals surface area (Å²) in [5, 5.41) is 74.8. The van der Waals surface area contributed by atoms with E-state index in [0.29, 0.717) is 11.1 Å². The van der Waals surface area contributed by atoms with Crippen LogP contribution in [0.2, 0.25) is 0 Å². The molecule has 15 heteroatoms. The number of benzene rings is 6. The van der Waals surface area contributed by atoms with Crippen molar-refractivity contribution < 1.29 is 73.4 Å². The number of phenolic OH excluding ortho intramolecular Hbond substituents is 3. The normalized spacial score (nSPS) is 21.2. The number of carbonyl (C=O) groups excluding carboxylic acids is 3. The Labute approximate surface area is 371 Å². The average molecular weight is 887 g/mol. The van der Waals surface area contributed by atoms with Gasteiger partial charge in [-0.25, -0.2) is 0 Å². The molecule has 6 aromatic carbocycles. The van der Waals surface area contributed by atoms with E-state index in [1.165, 1.54) is 85.8 Å². The zero-order chi connectivity index (χ0) is 46.8. The fraction of sp³-hybridized carbons (Fsp3) is 0.300. The number of rotatable bonds is 6. The van der Waals surface area contributed by atoms with Crippen LogP contribution in [-0.4, -0.2) is 94.9 Å². The van der Waals surface area contributed by atoms with Gasteiger partial charge < -0.3 is 59.1 Å². The van der Waals surface area contributed by atoms with Crippen molar-refractivity contribution in [1.29, 1.82) is 0 Å². The SMILES string of the molecule is COc1cc(OC)c2c(c1)[C@@](O)(c1c3c(c(O)c4c(OC)cc(OC)cc14)-c1c(OC)cc4cc5c(c(O)c4c1OC(=O)C[C@](C)(O)C3)C(=O)C[C@](C)(O)C5)c1cc(C)cc(O)c1C2=O. The Morgan fingerprint density at radius 2 is 1.18 bits per heavy atom. The van der Waals surface area contributed by atoms with Crippen LogP contribution < -0.4 is 28.4 Å². The minimum absolute atomic E-state index is 0.00592. The topological polar surface area (TPSA) is 228 Å². The Morgan fingerprint density at radius 1 is 0.585 bits per heavy atom. The molecule has 0 fully saturated rings. The molecule has 6 N–H and O–H groups in total. The predicted octanol–water partition coefficient (Wildman–Crippen LogP) is 6.44. The van der Waals surface area contributed by atoms with Crippen molar-refractivity contribution in [3.8, 4) is 62.9 Å². The Kier molecular flexibility index (Phi) is 9.79. The Morgan fingerprint density at radius 3 is 1.85 bits per heavy atom. The van der Waals surface area contributed by atoms with E-state index in [2.05, 4.69) is 0 Å². The van der Waals surface area contributed by atoms with Crippen molar-refractivity contribution in [1.82, 2.24) is 0 Å². The zero-order valence-electron chi connectivity index (χ0n) is 36.8. The van der Waals surface area contributed by atoms with Crippen LogP contribution in [0, 0.1) is 6.92 Å². The molecule has 0 bridgehead atoms. The van der Waals surface area contributed by atoms with E-state index in [1.807, 2.05) is 0 Å². The first-order valence-corrected chi connectivity index (χ1v) is 20.6. The van der Waals surface area contributed by atoms with Crippen LogP contribution >= 0.6 is 0 Å². The van der Waals surface area contributed by atoms with Gasteiger partial charge in [0.05, 0.1) is 86.2 Å². The van der Waals surface area contributed by atoms with Crippen LogP contribution in [0.3, 0.4) is 0 Å². The standard InChI is InChI=1S/C50H46O15/c1-21-9-28-40(30(51)10-21)46(56)41-29(14-25(61-5)16-34(41)64-8)50(28,59)43-26-13-24(60-4)15-33(63-7)38(26)45(55)39-27(43)18-49(3,58)20-35(53)65-47-37-22(12-32(62-6)42(39)47)11-23-17-48(2,57)19-31(52)36(23)44(37)54/h9-16,51,54-55,57-59H,17-20H2,1-8H3/t48-,49-,50-/m1/s1. The Hall–Kier alpha value is -7.07. The molecule has 9 rings (SSSR count). The van der Waals surface area contributed by atoms with Crippen molar-refractivity contribution in [3.63, 3.8) is 0 Å². The van der Waals surface area contributed by atoms with Gasteiger partial charge in [0.2, 0.25) is 5.78 Å².